The summed E-state index contributed by atoms with van der Waals surface area (Å²) in [6, 6.07) is 11.9. The van der Waals surface area contributed by atoms with Crippen molar-refractivity contribution >= 4 is 34.0 Å². The van der Waals surface area contributed by atoms with Crippen LogP contribution in [0.25, 0.3) is 0 Å². The molecule has 9 heteroatoms. The maximum atomic E-state index is 12.6. The van der Waals surface area contributed by atoms with Gasteiger partial charge in [0.1, 0.15) is 5.00 Å². The second-order valence-corrected chi connectivity index (χ2v) is 9.92. The summed E-state index contributed by atoms with van der Waals surface area (Å²) >= 11 is 1.54. The molecule has 0 fully saturated rings. The van der Waals surface area contributed by atoms with Crippen LogP contribution in [-0.2, 0) is 36.0 Å². The second-order valence-electron chi connectivity index (χ2n) is 8.82. The quantitative estimate of drug-likeness (QED) is 0.446. The minimum atomic E-state index is -0.432. The van der Waals surface area contributed by atoms with Gasteiger partial charge in [-0.1, -0.05) is 37.3 Å². The van der Waals surface area contributed by atoms with Crippen LogP contribution in [0.4, 0.5) is 15.5 Å². The molecule has 1 aromatic carbocycles. The fraction of sp³-hybridized carbons (Fsp3) is 0.400. The molecule has 2 heterocycles. The van der Waals surface area contributed by atoms with Gasteiger partial charge in [0.15, 0.2) is 0 Å². The van der Waals surface area contributed by atoms with Crippen molar-refractivity contribution in [1.29, 1.82) is 0 Å². The Morgan fingerprint density at radius 2 is 2.09 bits per heavy atom. The number of hydrogen-bond donors (Lipinski definition) is 3. The van der Waals surface area contributed by atoms with E-state index in [0.717, 1.165) is 41.1 Å². The summed E-state index contributed by atoms with van der Waals surface area (Å²) in [7, 11) is 1.83. The van der Waals surface area contributed by atoms with E-state index < -0.39 is 6.09 Å². The number of rotatable bonds is 8. The Labute approximate surface area is 203 Å². The van der Waals surface area contributed by atoms with Crippen LogP contribution in [0.2, 0.25) is 0 Å². The Hall–Kier alpha value is -3.33. The number of fused-ring (bicyclic) bond motifs is 1. The molecule has 3 aromatic rings. The van der Waals surface area contributed by atoms with Crippen LogP contribution < -0.4 is 16.4 Å². The van der Waals surface area contributed by atoms with Gasteiger partial charge in [-0.15, -0.1) is 11.3 Å². The molecule has 0 aliphatic heterocycles. The lowest BCUT2D eigenvalue weighted by molar-refractivity contribution is -0.116. The van der Waals surface area contributed by atoms with Gasteiger partial charge in [0, 0.05) is 24.5 Å². The standard InChI is InChI=1S/C25H31N5O3S/c1-16(18-6-4-3-5-7-18)12-22(31)29-24-23(26)20-9-8-17(13-21(20)34-24)15-33-25(32)27-14-19-10-11-28-30(19)2/h3-7,10-11,16-17H,8-9,12-15,26H2,1-2H3,(H,27,32)(H,29,31). The Balaban J connectivity index is 1.27. The number of hydrogen-bond acceptors (Lipinski definition) is 6. The van der Waals surface area contributed by atoms with E-state index in [4.69, 9.17) is 10.5 Å². The van der Waals surface area contributed by atoms with E-state index in [9.17, 15) is 9.59 Å². The summed E-state index contributed by atoms with van der Waals surface area (Å²) in [5, 5.41) is 10.6. The van der Waals surface area contributed by atoms with E-state index in [-0.39, 0.29) is 17.7 Å². The number of ether oxygens (including phenoxy) is 1. The number of alkyl carbamates (subject to hydrolysis) is 1. The van der Waals surface area contributed by atoms with Gasteiger partial charge in [0.05, 0.1) is 24.5 Å². The number of amides is 2. The number of aromatic nitrogens is 2. The number of nitrogens with zero attached hydrogens (tertiary/aromatic N) is 2. The minimum absolute atomic E-state index is 0.0355. The molecule has 8 nitrogen and oxygen atoms in total. The predicted molar refractivity (Wildman–Crippen MR) is 134 cm³/mol. The van der Waals surface area contributed by atoms with Crippen LogP contribution in [0.5, 0.6) is 0 Å². The first-order valence-electron chi connectivity index (χ1n) is 11.5. The minimum Gasteiger partial charge on any atom is -0.449 e. The Kier molecular flexibility index (Phi) is 7.52. The zero-order valence-electron chi connectivity index (χ0n) is 19.5. The van der Waals surface area contributed by atoms with Crippen LogP contribution in [0.1, 0.15) is 47.4 Å². The van der Waals surface area contributed by atoms with Gasteiger partial charge in [-0.25, -0.2) is 4.79 Å². The lowest BCUT2D eigenvalue weighted by Gasteiger charge is -2.22. The number of nitrogens with two attached hydrogens (primary N) is 1. The Bertz CT molecular complexity index is 1140. The molecule has 2 atom stereocenters. The molecule has 180 valence electrons. The van der Waals surface area contributed by atoms with E-state index in [2.05, 4.69) is 22.7 Å². The summed E-state index contributed by atoms with van der Waals surface area (Å²) in [5.41, 5.74) is 10.2. The third kappa shape index (κ3) is 5.77. The molecule has 2 aromatic heterocycles. The van der Waals surface area contributed by atoms with Crippen molar-refractivity contribution in [2.75, 3.05) is 17.7 Å². The smallest absolute Gasteiger partial charge is 0.407 e. The number of nitrogens with one attached hydrogen (secondary N) is 2. The number of aryl methyl sites for hydroxylation is 1. The van der Waals surface area contributed by atoms with Crippen molar-refractivity contribution in [3.8, 4) is 0 Å². The van der Waals surface area contributed by atoms with Crippen molar-refractivity contribution in [2.45, 2.75) is 45.1 Å². The lowest BCUT2D eigenvalue weighted by Crippen LogP contribution is -2.28. The molecule has 0 spiro atoms. The van der Waals surface area contributed by atoms with Crippen LogP contribution in [0, 0.1) is 5.92 Å². The number of nitrogen functional groups attached to an aromatic ring is 1. The number of anilines is 2. The van der Waals surface area contributed by atoms with Crippen molar-refractivity contribution in [3.63, 3.8) is 0 Å². The monoisotopic (exact) mass is 481 g/mol. The van der Waals surface area contributed by atoms with Crippen molar-refractivity contribution in [2.24, 2.45) is 13.0 Å². The Morgan fingerprint density at radius 3 is 2.82 bits per heavy atom. The van der Waals surface area contributed by atoms with E-state index in [1.807, 2.05) is 43.4 Å². The summed E-state index contributed by atoms with van der Waals surface area (Å²) < 4.78 is 7.16. The molecule has 2 amide bonds. The summed E-state index contributed by atoms with van der Waals surface area (Å²) in [6.45, 7) is 2.78. The topological polar surface area (TPSA) is 111 Å². The van der Waals surface area contributed by atoms with Gasteiger partial charge in [-0.2, -0.15) is 5.10 Å². The normalized spacial score (nSPS) is 15.9. The number of carbonyl (C=O) groups is 2. The highest BCUT2D eigenvalue weighted by atomic mass is 32.1. The van der Waals surface area contributed by atoms with Gasteiger partial charge in [-0.3, -0.25) is 9.48 Å². The first-order chi connectivity index (χ1) is 16.4. The SMILES string of the molecule is CC(CC(=O)Nc1sc2c(c1N)CCC(COC(=O)NCc1ccnn1C)C2)c1ccccc1. The molecular formula is C25H31N5O3S. The zero-order valence-corrected chi connectivity index (χ0v) is 20.4. The van der Waals surface area contributed by atoms with Crippen LogP contribution in [-0.4, -0.2) is 28.4 Å². The molecule has 0 bridgehead atoms. The molecule has 0 radical (unpaired) electrons. The van der Waals surface area contributed by atoms with Gasteiger partial charge < -0.3 is 21.1 Å². The predicted octanol–water partition coefficient (Wildman–Crippen LogP) is 4.23. The fourth-order valence-electron chi connectivity index (χ4n) is 4.25. The molecule has 0 saturated carbocycles. The average molecular weight is 482 g/mol. The zero-order chi connectivity index (χ0) is 24.1. The highest BCUT2D eigenvalue weighted by Gasteiger charge is 2.26. The molecule has 1 aliphatic rings. The first-order valence-corrected chi connectivity index (χ1v) is 12.3. The maximum absolute atomic E-state index is 12.6. The highest BCUT2D eigenvalue weighted by molar-refractivity contribution is 7.17. The molecule has 1 aliphatic carbocycles. The summed E-state index contributed by atoms with van der Waals surface area (Å²) in [5.74, 6) is 0.323. The van der Waals surface area contributed by atoms with Crippen LogP contribution in [0.15, 0.2) is 42.6 Å². The Morgan fingerprint density at radius 1 is 1.29 bits per heavy atom. The molecule has 34 heavy (non-hydrogen) atoms. The maximum Gasteiger partial charge on any atom is 0.407 e. The van der Waals surface area contributed by atoms with Crippen molar-refractivity contribution in [3.05, 3.63) is 64.3 Å². The summed E-state index contributed by atoms with van der Waals surface area (Å²) in [4.78, 5) is 25.9. The number of thiophene rings is 1. The average Bonchev–Trinajstić information content (AvgIpc) is 3.38. The molecule has 2 unspecified atom stereocenters. The van der Waals surface area contributed by atoms with Crippen molar-refractivity contribution < 1.29 is 14.3 Å². The van der Waals surface area contributed by atoms with Gasteiger partial charge in [-0.05, 0) is 48.3 Å². The lowest BCUT2D eigenvalue weighted by atomic mass is 9.89. The van der Waals surface area contributed by atoms with E-state index in [1.165, 1.54) is 16.2 Å². The van der Waals surface area contributed by atoms with E-state index in [1.54, 1.807) is 10.9 Å². The van der Waals surface area contributed by atoms with Crippen molar-refractivity contribution in [1.82, 2.24) is 15.1 Å². The largest absolute Gasteiger partial charge is 0.449 e. The third-order valence-electron chi connectivity index (χ3n) is 6.31. The molecule has 0 saturated heterocycles. The van der Waals surface area contributed by atoms with Crippen LogP contribution >= 0.6 is 11.3 Å². The molecule has 4 N–H and O–H groups in total. The molecule has 4 rings (SSSR count). The van der Waals surface area contributed by atoms with Gasteiger partial charge in [0.25, 0.3) is 0 Å². The first kappa shape index (κ1) is 23.8. The second kappa shape index (κ2) is 10.7. The number of carbonyl (C=O) groups excluding carboxylic acids is 2. The fourth-order valence-corrected chi connectivity index (χ4v) is 5.55. The summed E-state index contributed by atoms with van der Waals surface area (Å²) in [6.07, 6.45) is 4.15. The number of benzene rings is 1. The van der Waals surface area contributed by atoms with Gasteiger partial charge >= 0.3 is 6.09 Å². The van der Waals surface area contributed by atoms with Gasteiger partial charge in [0.2, 0.25) is 5.91 Å². The van der Waals surface area contributed by atoms with E-state index >= 15 is 0 Å². The highest BCUT2D eigenvalue weighted by Crippen LogP contribution is 2.41. The van der Waals surface area contributed by atoms with E-state index in [0.29, 0.717) is 25.3 Å². The molecular weight excluding hydrogens is 450 g/mol. The third-order valence-corrected chi connectivity index (χ3v) is 7.49. The van der Waals surface area contributed by atoms with Crippen LogP contribution in [0.3, 0.4) is 0 Å².